The molecule has 0 fully saturated rings. The molecule has 0 bridgehead atoms. The SMILES string of the molecule is CCCCCCCCOC(=O)c1ccc(COC(COCc2ccc(OC)cc2)Cn2ccnc2)cc1. The number of hydrogen-bond donors (Lipinski definition) is 0. The second kappa shape index (κ2) is 16.6. The topological polar surface area (TPSA) is 71.8 Å². The van der Waals surface area contributed by atoms with Gasteiger partial charge in [0.2, 0.25) is 0 Å². The molecule has 3 aromatic rings. The Balaban J connectivity index is 1.43. The van der Waals surface area contributed by atoms with Crippen LogP contribution in [0.2, 0.25) is 0 Å². The molecule has 3 rings (SSSR count). The number of ether oxygens (including phenoxy) is 4. The standard InChI is InChI=1S/C30H40N2O5/c1-3-4-5-6-7-8-19-36-30(33)27-13-9-26(10-14-27)22-37-29(20-32-18-17-31-24-32)23-35-21-25-11-15-28(34-2)16-12-25/h9-18,24,29H,3-8,19-23H2,1-2H3. The van der Waals surface area contributed by atoms with E-state index in [9.17, 15) is 4.79 Å². The van der Waals surface area contributed by atoms with Crippen LogP contribution in [0, 0.1) is 0 Å². The van der Waals surface area contributed by atoms with E-state index in [0.717, 1.165) is 29.7 Å². The smallest absolute Gasteiger partial charge is 0.338 e. The van der Waals surface area contributed by atoms with Crippen molar-refractivity contribution >= 4 is 5.97 Å². The molecular formula is C30H40N2O5. The molecule has 7 nitrogen and oxygen atoms in total. The zero-order chi connectivity index (χ0) is 26.1. The van der Waals surface area contributed by atoms with E-state index >= 15 is 0 Å². The molecule has 0 saturated carbocycles. The van der Waals surface area contributed by atoms with Crippen LogP contribution in [0.25, 0.3) is 0 Å². The minimum atomic E-state index is -0.272. The van der Waals surface area contributed by atoms with Crippen LogP contribution < -0.4 is 4.74 Å². The van der Waals surface area contributed by atoms with Gasteiger partial charge in [-0.25, -0.2) is 9.78 Å². The molecule has 0 aliphatic carbocycles. The fraction of sp³-hybridized carbons (Fsp3) is 0.467. The molecule has 0 aliphatic heterocycles. The molecule has 37 heavy (non-hydrogen) atoms. The molecule has 1 heterocycles. The van der Waals surface area contributed by atoms with Gasteiger partial charge in [0.25, 0.3) is 0 Å². The summed E-state index contributed by atoms with van der Waals surface area (Å²) in [6.45, 7) is 4.65. The monoisotopic (exact) mass is 508 g/mol. The Bertz CT molecular complexity index is 1000. The number of esters is 1. The number of rotatable bonds is 18. The third kappa shape index (κ3) is 10.8. The Morgan fingerprint density at radius 2 is 1.62 bits per heavy atom. The Morgan fingerprint density at radius 3 is 2.32 bits per heavy atom. The minimum absolute atomic E-state index is 0.158. The molecule has 2 aromatic carbocycles. The van der Waals surface area contributed by atoms with Crippen molar-refractivity contribution in [2.24, 2.45) is 0 Å². The quantitative estimate of drug-likeness (QED) is 0.150. The van der Waals surface area contributed by atoms with Crippen LogP contribution in [-0.2, 0) is 34.0 Å². The summed E-state index contributed by atoms with van der Waals surface area (Å²) in [6, 6.07) is 15.2. The molecule has 0 N–H and O–H groups in total. The van der Waals surface area contributed by atoms with Crippen molar-refractivity contribution in [3.8, 4) is 5.75 Å². The fourth-order valence-corrected chi connectivity index (χ4v) is 3.90. The highest BCUT2D eigenvalue weighted by Crippen LogP contribution is 2.14. The highest BCUT2D eigenvalue weighted by atomic mass is 16.5. The van der Waals surface area contributed by atoms with Crippen molar-refractivity contribution in [3.05, 3.63) is 83.9 Å². The first kappa shape index (κ1) is 28.4. The van der Waals surface area contributed by atoms with E-state index in [-0.39, 0.29) is 12.1 Å². The van der Waals surface area contributed by atoms with Crippen LogP contribution >= 0.6 is 0 Å². The molecule has 1 atom stereocenters. The number of carbonyl (C=O) groups excluding carboxylic acids is 1. The summed E-state index contributed by atoms with van der Waals surface area (Å²) < 4.78 is 24.7. The molecule has 0 amide bonds. The minimum Gasteiger partial charge on any atom is -0.497 e. The maximum absolute atomic E-state index is 12.3. The number of nitrogens with zero attached hydrogens (tertiary/aromatic N) is 2. The van der Waals surface area contributed by atoms with Gasteiger partial charge in [-0.1, -0.05) is 63.3 Å². The Hall–Kier alpha value is -3.16. The van der Waals surface area contributed by atoms with Gasteiger partial charge in [-0.2, -0.15) is 0 Å². The van der Waals surface area contributed by atoms with Gasteiger partial charge in [-0.15, -0.1) is 0 Å². The van der Waals surface area contributed by atoms with Crippen LogP contribution in [0.5, 0.6) is 5.75 Å². The maximum atomic E-state index is 12.3. The largest absolute Gasteiger partial charge is 0.497 e. The predicted octanol–water partition coefficient (Wildman–Crippen LogP) is 6.21. The Morgan fingerprint density at radius 1 is 0.919 bits per heavy atom. The first-order chi connectivity index (χ1) is 18.2. The van der Waals surface area contributed by atoms with Gasteiger partial charge in [0.05, 0.1) is 58.1 Å². The number of unbranched alkanes of at least 4 members (excludes halogenated alkanes) is 5. The van der Waals surface area contributed by atoms with Crippen molar-refractivity contribution in [1.29, 1.82) is 0 Å². The molecule has 0 spiro atoms. The molecule has 0 aliphatic rings. The average molecular weight is 509 g/mol. The van der Waals surface area contributed by atoms with Crippen LogP contribution in [0.1, 0.15) is 66.9 Å². The zero-order valence-electron chi connectivity index (χ0n) is 22.1. The van der Waals surface area contributed by atoms with E-state index in [1.165, 1.54) is 25.7 Å². The van der Waals surface area contributed by atoms with E-state index in [2.05, 4.69) is 11.9 Å². The molecule has 1 unspecified atom stereocenters. The van der Waals surface area contributed by atoms with Crippen molar-refractivity contribution in [3.63, 3.8) is 0 Å². The Kier molecular flexibility index (Phi) is 12.7. The van der Waals surface area contributed by atoms with E-state index in [4.69, 9.17) is 18.9 Å². The highest BCUT2D eigenvalue weighted by molar-refractivity contribution is 5.89. The molecule has 0 saturated heterocycles. The molecule has 200 valence electrons. The van der Waals surface area contributed by atoms with Gasteiger partial charge in [0.15, 0.2) is 0 Å². The number of hydrogen-bond acceptors (Lipinski definition) is 6. The van der Waals surface area contributed by atoms with Crippen molar-refractivity contribution in [2.45, 2.75) is 71.3 Å². The number of benzene rings is 2. The van der Waals surface area contributed by atoms with Crippen LogP contribution in [0.3, 0.4) is 0 Å². The highest BCUT2D eigenvalue weighted by Gasteiger charge is 2.12. The summed E-state index contributed by atoms with van der Waals surface area (Å²) in [5.41, 5.74) is 2.62. The van der Waals surface area contributed by atoms with Crippen molar-refractivity contribution in [2.75, 3.05) is 20.3 Å². The fourth-order valence-electron chi connectivity index (χ4n) is 3.90. The van der Waals surface area contributed by atoms with Gasteiger partial charge in [-0.05, 0) is 41.8 Å². The second-order valence-electron chi connectivity index (χ2n) is 9.16. The van der Waals surface area contributed by atoms with Crippen molar-refractivity contribution < 1.29 is 23.7 Å². The van der Waals surface area contributed by atoms with Gasteiger partial charge in [0.1, 0.15) is 5.75 Å². The summed E-state index contributed by atoms with van der Waals surface area (Å²) in [5.74, 6) is 0.549. The van der Waals surface area contributed by atoms with Crippen LogP contribution in [0.4, 0.5) is 0 Å². The lowest BCUT2D eigenvalue weighted by Crippen LogP contribution is -2.25. The lowest BCUT2D eigenvalue weighted by molar-refractivity contribution is -0.0373. The van der Waals surface area contributed by atoms with Crippen LogP contribution in [-0.4, -0.2) is 41.9 Å². The lowest BCUT2D eigenvalue weighted by atomic mass is 10.1. The lowest BCUT2D eigenvalue weighted by Gasteiger charge is -2.19. The summed E-state index contributed by atoms with van der Waals surface area (Å²) >= 11 is 0. The van der Waals surface area contributed by atoms with E-state index in [1.807, 2.05) is 47.2 Å². The van der Waals surface area contributed by atoms with E-state index in [1.54, 1.807) is 31.8 Å². The van der Waals surface area contributed by atoms with Gasteiger partial charge in [-0.3, -0.25) is 0 Å². The second-order valence-corrected chi connectivity index (χ2v) is 9.16. The molecule has 7 heteroatoms. The molecule has 0 radical (unpaired) electrons. The summed E-state index contributed by atoms with van der Waals surface area (Å²) in [4.78, 5) is 16.4. The maximum Gasteiger partial charge on any atom is 0.338 e. The Labute approximate surface area is 220 Å². The van der Waals surface area contributed by atoms with Crippen molar-refractivity contribution in [1.82, 2.24) is 9.55 Å². The summed E-state index contributed by atoms with van der Waals surface area (Å²) in [7, 11) is 1.65. The number of imidazole rings is 1. The first-order valence-corrected chi connectivity index (χ1v) is 13.2. The van der Waals surface area contributed by atoms with Crippen LogP contribution in [0.15, 0.2) is 67.3 Å². The third-order valence-corrected chi connectivity index (χ3v) is 6.11. The molecule has 1 aromatic heterocycles. The molecular weight excluding hydrogens is 468 g/mol. The normalized spacial score (nSPS) is 11.8. The van der Waals surface area contributed by atoms with Gasteiger partial charge in [0, 0.05) is 12.4 Å². The zero-order valence-corrected chi connectivity index (χ0v) is 22.1. The summed E-state index contributed by atoms with van der Waals surface area (Å²) in [6.07, 6.45) is 12.3. The number of methoxy groups -OCH3 is 1. The van der Waals surface area contributed by atoms with E-state index < -0.39 is 0 Å². The van der Waals surface area contributed by atoms with Gasteiger partial charge < -0.3 is 23.5 Å². The predicted molar refractivity (Wildman–Crippen MR) is 144 cm³/mol. The number of aromatic nitrogens is 2. The third-order valence-electron chi connectivity index (χ3n) is 6.11. The average Bonchev–Trinajstić information content (AvgIpc) is 3.45. The van der Waals surface area contributed by atoms with Gasteiger partial charge >= 0.3 is 5.97 Å². The number of carbonyl (C=O) groups is 1. The first-order valence-electron chi connectivity index (χ1n) is 13.2. The van der Waals surface area contributed by atoms with E-state index in [0.29, 0.717) is 38.5 Å². The summed E-state index contributed by atoms with van der Waals surface area (Å²) in [5, 5.41) is 0.